The van der Waals surface area contributed by atoms with E-state index in [4.69, 9.17) is 4.74 Å². The minimum Gasteiger partial charge on any atom is -0.478 e. The molecule has 3 rings (SSSR count). The van der Waals surface area contributed by atoms with E-state index < -0.39 is 22.0 Å². The standard InChI is InChI=1S/C22H27N3O5S/c1-3-4-14-23-21(26)16-9-5-6-10-17(16)24-22(27)20-13-15-25(31(2,28)29)18-11-7-8-12-19(18)30-20/h5-12,20H,3-4,13-15H2,1-2H3,(H,23,26)(H,24,27)/t20-/m1/s1. The summed E-state index contributed by atoms with van der Waals surface area (Å²) < 4.78 is 31.6. The molecule has 0 aromatic heterocycles. The first-order valence-electron chi connectivity index (χ1n) is 10.2. The van der Waals surface area contributed by atoms with Crippen LogP contribution in [-0.4, -0.2) is 45.7 Å². The maximum atomic E-state index is 13.0. The third-order valence-electron chi connectivity index (χ3n) is 4.94. The fourth-order valence-corrected chi connectivity index (χ4v) is 4.28. The third kappa shape index (κ3) is 5.55. The predicted octanol–water partition coefficient (Wildman–Crippen LogP) is 2.77. The molecule has 0 radical (unpaired) electrons. The lowest BCUT2D eigenvalue weighted by molar-refractivity contribution is -0.122. The van der Waals surface area contributed by atoms with Crippen molar-refractivity contribution in [1.29, 1.82) is 0 Å². The number of sulfonamides is 1. The maximum Gasteiger partial charge on any atom is 0.265 e. The summed E-state index contributed by atoms with van der Waals surface area (Å²) in [6, 6.07) is 13.5. The van der Waals surface area contributed by atoms with Gasteiger partial charge in [-0.05, 0) is 30.7 Å². The summed E-state index contributed by atoms with van der Waals surface area (Å²) in [5.41, 5.74) is 1.14. The quantitative estimate of drug-likeness (QED) is 0.638. The number of nitrogens with one attached hydrogen (secondary N) is 2. The van der Waals surface area contributed by atoms with Gasteiger partial charge < -0.3 is 15.4 Å². The molecule has 0 unspecified atom stereocenters. The van der Waals surface area contributed by atoms with Crippen molar-refractivity contribution in [2.75, 3.05) is 29.0 Å². The third-order valence-corrected chi connectivity index (χ3v) is 6.12. The van der Waals surface area contributed by atoms with Gasteiger partial charge in [-0.25, -0.2) is 8.42 Å². The largest absolute Gasteiger partial charge is 0.478 e. The van der Waals surface area contributed by atoms with Crippen molar-refractivity contribution in [1.82, 2.24) is 5.32 Å². The van der Waals surface area contributed by atoms with E-state index in [2.05, 4.69) is 10.6 Å². The summed E-state index contributed by atoms with van der Waals surface area (Å²) in [5.74, 6) is -0.394. The number of rotatable bonds is 7. The molecule has 31 heavy (non-hydrogen) atoms. The van der Waals surface area contributed by atoms with Crippen LogP contribution in [0.5, 0.6) is 5.75 Å². The van der Waals surface area contributed by atoms with Crippen molar-refractivity contribution in [3.63, 3.8) is 0 Å². The predicted molar refractivity (Wildman–Crippen MR) is 120 cm³/mol. The molecule has 0 saturated heterocycles. The van der Waals surface area contributed by atoms with Gasteiger partial charge in [-0.2, -0.15) is 0 Å². The van der Waals surface area contributed by atoms with Gasteiger partial charge in [0.25, 0.3) is 11.8 Å². The summed E-state index contributed by atoms with van der Waals surface area (Å²) in [4.78, 5) is 25.5. The average Bonchev–Trinajstić information content (AvgIpc) is 2.94. The fourth-order valence-electron chi connectivity index (χ4n) is 3.34. The highest BCUT2D eigenvalue weighted by atomic mass is 32.2. The van der Waals surface area contributed by atoms with Gasteiger partial charge in [0.05, 0.1) is 23.2 Å². The van der Waals surface area contributed by atoms with E-state index >= 15 is 0 Å². The number of hydrogen-bond donors (Lipinski definition) is 2. The molecule has 0 saturated carbocycles. The van der Waals surface area contributed by atoms with Gasteiger partial charge in [-0.1, -0.05) is 37.6 Å². The highest BCUT2D eigenvalue weighted by Crippen LogP contribution is 2.34. The molecule has 1 atom stereocenters. The summed E-state index contributed by atoms with van der Waals surface area (Å²) in [6.45, 7) is 2.70. The Morgan fingerprint density at radius 1 is 1.13 bits per heavy atom. The van der Waals surface area contributed by atoms with E-state index in [-0.39, 0.29) is 18.9 Å². The van der Waals surface area contributed by atoms with Crippen LogP contribution in [0, 0.1) is 0 Å². The monoisotopic (exact) mass is 445 g/mol. The number of carbonyl (C=O) groups is 2. The van der Waals surface area contributed by atoms with E-state index in [1.807, 2.05) is 6.92 Å². The molecule has 8 nitrogen and oxygen atoms in total. The maximum absolute atomic E-state index is 13.0. The number of ether oxygens (including phenoxy) is 1. The number of carbonyl (C=O) groups excluding carboxylic acids is 2. The minimum absolute atomic E-state index is 0.104. The van der Waals surface area contributed by atoms with Crippen LogP contribution >= 0.6 is 0 Å². The van der Waals surface area contributed by atoms with Crippen molar-refractivity contribution >= 4 is 33.2 Å². The second-order valence-electron chi connectivity index (χ2n) is 7.34. The van der Waals surface area contributed by atoms with Crippen LogP contribution in [-0.2, 0) is 14.8 Å². The number of benzene rings is 2. The van der Waals surface area contributed by atoms with E-state index in [1.54, 1.807) is 48.5 Å². The van der Waals surface area contributed by atoms with Crippen LogP contribution in [0.25, 0.3) is 0 Å². The highest BCUT2D eigenvalue weighted by Gasteiger charge is 2.31. The number of para-hydroxylation sites is 3. The topological polar surface area (TPSA) is 105 Å². The Hall–Kier alpha value is -3.07. The summed E-state index contributed by atoms with van der Waals surface area (Å²) >= 11 is 0. The second-order valence-corrected chi connectivity index (χ2v) is 9.25. The lowest BCUT2D eigenvalue weighted by atomic mass is 10.1. The molecule has 0 bridgehead atoms. The molecule has 1 aliphatic heterocycles. The van der Waals surface area contributed by atoms with Crippen LogP contribution in [0.15, 0.2) is 48.5 Å². The number of unbranched alkanes of at least 4 members (excludes halogenated alkanes) is 1. The molecule has 2 N–H and O–H groups in total. The average molecular weight is 446 g/mol. The van der Waals surface area contributed by atoms with Crippen LogP contribution in [0.1, 0.15) is 36.5 Å². The number of fused-ring (bicyclic) bond motifs is 1. The molecule has 0 spiro atoms. The Balaban J connectivity index is 1.79. The first-order chi connectivity index (χ1) is 14.8. The molecule has 166 valence electrons. The molecule has 1 heterocycles. The fraction of sp³-hybridized carbons (Fsp3) is 0.364. The van der Waals surface area contributed by atoms with Gasteiger partial charge in [0.15, 0.2) is 6.10 Å². The normalized spacial score (nSPS) is 15.9. The summed E-state index contributed by atoms with van der Waals surface area (Å²) in [6.07, 6.45) is 2.20. The van der Waals surface area contributed by atoms with Gasteiger partial charge in [-0.15, -0.1) is 0 Å². The molecule has 2 amide bonds. The van der Waals surface area contributed by atoms with E-state index in [0.717, 1.165) is 19.1 Å². The van der Waals surface area contributed by atoms with E-state index in [0.29, 0.717) is 29.2 Å². The number of amides is 2. The molecule has 0 aliphatic carbocycles. The molecular weight excluding hydrogens is 418 g/mol. The minimum atomic E-state index is -3.53. The number of nitrogens with zero attached hydrogens (tertiary/aromatic N) is 1. The van der Waals surface area contributed by atoms with Crippen LogP contribution < -0.4 is 19.7 Å². The van der Waals surface area contributed by atoms with E-state index in [9.17, 15) is 18.0 Å². The zero-order chi connectivity index (χ0) is 22.4. The molecule has 0 fully saturated rings. The summed E-state index contributed by atoms with van der Waals surface area (Å²) in [7, 11) is -3.53. The smallest absolute Gasteiger partial charge is 0.265 e. The van der Waals surface area contributed by atoms with Crippen molar-refractivity contribution < 1.29 is 22.7 Å². The Morgan fingerprint density at radius 3 is 2.58 bits per heavy atom. The van der Waals surface area contributed by atoms with Crippen LogP contribution in [0.4, 0.5) is 11.4 Å². The van der Waals surface area contributed by atoms with Gasteiger partial charge in [-0.3, -0.25) is 13.9 Å². The van der Waals surface area contributed by atoms with Gasteiger partial charge in [0.2, 0.25) is 10.0 Å². The van der Waals surface area contributed by atoms with Crippen molar-refractivity contribution in [3.8, 4) is 5.75 Å². The van der Waals surface area contributed by atoms with Gasteiger partial charge in [0.1, 0.15) is 5.75 Å². The second kappa shape index (κ2) is 9.82. The lowest BCUT2D eigenvalue weighted by Crippen LogP contribution is -2.36. The zero-order valence-corrected chi connectivity index (χ0v) is 18.4. The van der Waals surface area contributed by atoms with Crippen molar-refractivity contribution in [2.45, 2.75) is 32.3 Å². The van der Waals surface area contributed by atoms with Crippen LogP contribution in [0.3, 0.4) is 0 Å². The first-order valence-corrected chi connectivity index (χ1v) is 12.1. The molecule has 2 aromatic rings. The van der Waals surface area contributed by atoms with E-state index in [1.165, 1.54) is 4.31 Å². The Kier molecular flexibility index (Phi) is 7.17. The van der Waals surface area contributed by atoms with Gasteiger partial charge >= 0.3 is 0 Å². The molecular formula is C22H27N3O5S. The Morgan fingerprint density at radius 2 is 1.84 bits per heavy atom. The zero-order valence-electron chi connectivity index (χ0n) is 17.6. The van der Waals surface area contributed by atoms with Gasteiger partial charge in [0, 0.05) is 19.5 Å². The summed E-state index contributed by atoms with van der Waals surface area (Å²) in [5, 5.41) is 5.61. The SMILES string of the molecule is CCCCNC(=O)c1ccccc1NC(=O)[C@H]1CCN(S(C)(=O)=O)c2ccccc2O1. The first kappa shape index (κ1) is 22.6. The van der Waals surface area contributed by atoms with Crippen molar-refractivity contribution in [3.05, 3.63) is 54.1 Å². The molecule has 9 heteroatoms. The Labute approximate surface area is 182 Å². The molecule has 2 aromatic carbocycles. The number of hydrogen-bond acceptors (Lipinski definition) is 5. The lowest BCUT2D eigenvalue weighted by Gasteiger charge is -2.20. The van der Waals surface area contributed by atoms with Crippen LogP contribution in [0.2, 0.25) is 0 Å². The molecule has 1 aliphatic rings. The highest BCUT2D eigenvalue weighted by molar-refractivity contribution is 7.92. The number of anilines is 2. The Bertz CT molecular complexity index is 1050. The van der Waals surface area contributed by atoms with Crippen molar-refractivity contribution in [2.24, 2.45) is 0 Å².